The molecule has 4 rings (SSSR count). The third-order valence-corrected chi connectivity index (χ3v) is 5.14. The van der Waals surface area contributed by atoms with Crippen molar-refractivity contribution in [1.82, 2.24) is 9.55 Å². The number of carbonyl (C=O) groups excluding carboxylic acids is 1. The van der Waals surface area contributed by atoms with Crippen LogP contribution in [0, 0.1) is 0 Å². The van der Waals surface area contributed by atoms with Crippen LogP contribution in [0.15, 0.2) is 65.1 Å². The predicted octanol–water partition coefficient (Wildman–Crippen LogP) is 3.29. The number of fused-ring (bicyclic) bond motifs is 2. The van der Waals surface area contributed by atoms with E-state index in [1.807, 2.05) is 6.07 Å². The third-order valence-electron chi connectivity index (χ3n) is 4.17. The maximum Gasteiger partial charge on any atom is 0.262 e. The molecule has 0 aliphatic carbocycles. The number of benzene rings is 2. The van der Waals surface area contributed by atoms with Gasteiger partial charge in [0.15, 0.2) is 22.4 Å². The summed E-state index contributed by atoms with van der Waals surface area (Å²) in [7, 11) is 0. The summed E-state index contributed by atoms with van der Waals surface area (Å²) in [5.74, 6) is 1.28. The van der Waals surface area contributed by atoms with Gasteiger partial charge in [-0.1, -0.05) is 30.0 Å². The number of hydrogen-bond acceptors (Lipinski definition) is 6. The van der Waals surface area contributed by atoms with Gasteiger partial charge in [0.2, 0.25) is 6.79 Å². The normalized spacial score (nSPS) is 12.3. The van der Waals surface area contributed by atoms with Gasteiger partial charge in [-0.15, -0.1) is 6.58 Å². The van der Waals surface area contributed by atoms with Crippen molar-refractivity contribution in [3.05, 3.63) is 71.0 Å². The number of nitrogens with zero attached hydrogens (tertiary/aromatic N) is 2. The molecule has 7 heteroatoms. The van der Waals surface area contributed by atoms with E-state index in [-0.39, 0.29) is 23.9 Å². The average molecular weight is 380 g/mol. The minimum atomic E-state index is -0.140. The summed E-state index contributed by atoms with van der Waals surface area (Å²) in [5.41, 5.74) is 1.00. The second-order valence-corrected chi connectivity index (χ2v) is 6.84. The average Bonchev–Trinajstić information content (AvgIpc) is 3.16. The second kappa shape index (κ2) is 7.28. The fourth-order valence-electron chi connectivity index (χ4n) is 2.83. The number of allylic oxidation sites excluding steroid dienone is 1. The third kappa shape index (κ3) is 3.33. The number of para-hydroxylation sites is 1. The highest BCUT2D eigenvalue weighted by Gasteiger charge is 2.17. The van der Waals surface area contributed by atoms with Crippen molar-refractivity contribution in [2.45, 2.75) is 11.7 Å². The molecule has 0 unspecified atom stereocenters. The van der Waals surface area contributed by atoms with Gasteiger partial charge in [-0.2, -0.15) is 0 Å². The van der Waals surface area contributed by atoms with Crippen molar-refractivity contribution in [2.24, 2.45) is 0 Å². The zero-order chi connectivity index (χ0) is 18.8. The molecule has 0 fully saturated rings. The first-order valence-corrected chi connectivity index (χ1v) is 9.32. The van der Waals surface area contributed by atoms with Crippen LogP contribution in [0.1, 0.15) is 10.4 Å². The van der Waals surface area contributed by atoms with Crippen molar-refractivity contribution >= 4 is 28.4 Å². The molecule has 0 spiro atoms. The zero-order valence-corrected chi connectivity index (χ0v) is 15.2. The Labute approximate surface area is 159 Å². The van der Waals surface area contributed by atoms with Crippen LogP contribution >= 0.6 is 11.8 Å². The SMILES string of the molecule is C=CCn1c(SCC(=O)c2ccc3c(c2)OCO3)nc2ccccc2c1=O. The van der Waals surface area contributed by atoms with Crippen LogP contribution in [0.2, 0.25) is 0 Å². The first-order chi connectivity index (χ1) is 13.2. The molecule has 0 saturated heterocycles. The van der Waals surface area contributed by atoms with Crippen molar-refractivity contribution in [1.29, 1.82) is 0 Å². The second-order valence-electron chi connectivity index (χ2n) is 5.90. The summed E-state index contributed by atoms with van der Waals surface area (Å²) in [6, 6.07) is 12.3. The van der Waals surface area contributed by atoms with Crippen molar-refractivity contribution in [2.75, 3.05) is 12.5 Å². The molecular formula is C20H16N2O4S. The first-order valence-electron chi connectivity index (χ1n) is 8.33. The first kappa shape index (κ1) is 17.4. The monoisotopic (exact) mass is 380 g/mol. The number of ether oxygens (including phenoxy) is 2. The van der Waals surface area contributed by atoms with E-state index < -0.39 is 0 Å². The number of aromatic nitrogens is 2. The molecule has 0 amide bonds. The lowest BCUT2D eigenvalue weighted by molar-refractivity contribution is 0.102. The molecule has 0 radical (unpaired) electrons. The van der Waals surface area contributed by atoms with E-state index in [9.17, 15) is 9.59 Å². The van der Waals surface area contributed by atoms with Gasteiger partial charge in [-0.3, -0.25) is 14.2 Å². The molecule has 0 saturated carbocycles. The predicted molar refractivity (Wildman–Crippen MR) is 104 cm³/mol. The van der Waals surface area contributed by atoms with E-state index in [1.165, 1.54) is 16.3 Å². The fraction of sp³-hybridized carbons (Fsp3) is 0.150. The highest BCUT2D eigenvalue weighted by molar-refractivity contribution is 7.99. The molecule has 3 aromatic rings. The van der Waals surface area contributed by atoms with Crippen LogP contribution in [-0.2, 0) is 6.54 Å². The van der Waals surface area contributed by atoms with Gasteiger partial charge >= 0.3 is 0 Å². The van der Waals surface area contributed by atoms with Crippen molar-refractivity contribution in [3.63, 3.8) is 0 Å². The molecule has 0 bridgehead atoms. The Bertz CT molecular complexity index is 1110. The maximum atomic E-state index is 12.7. The molecule has 2 heterocycles. The van der Waals surface area contributed by atoms with Crippen molar-refractivity contribution in [3.8, 4) is 11.5 Å². The maximum absolute atomic E-state index is 12.7. The van der Waals surface area contributed by atoms with Crippen LogP contribution in [-0.4, -0.2) is 27.9 Å². The summed E-state index contributed by atoms with van der Waals surface area (Å²) >= 11 is 1.23. The summed E-state index contributed by atoms with van der Waals surface area (Å²) < 4.78 is 12.1. The zero-order valence-electron chi connectivity index (χ0n) is 14.4. The quantitative estimate of drug-likeness (QED) is 0.283. The molecule has 27 heavy (non-hydrogen) atoms. The Morgan fingerprint density at radius 1 is 1.22 bits per heavy atom. The highest BCUT2D eigenvalue weighted by Crippen LogP contribution is 2.33. The summed E-state index contributed by atoms with van der Waals surface area (Å²) in [6.45, 7) is 4.20. The molecule has 1 aliphatic rings. The van der Waals surface area contributed by atoms with E-state index in [1.54, 1.807) is 42.5 Å². The lowest BCUT2D eigenvalue weighted by Crippen LogP contribution is -2.23. The minimum Gasteiger partial charge on any atom is -0.454 e. The van der Waals surface area contributed by atoms with E-state index in [2.05, 4.69) is 11.6 Å². The Morgan fingerprint density at radius 3 is 2.89 bits per heavy atom. The minimum absolute atomic E-state index is 0.0779. The molecule has 6 nitrogen and oxygen atoms in total. The Balaban J connectivity index is 1.61. The van der Waals surface area contributed by atoms with Crippen LogP contribution in [0.4, 0.5) is 0 Å². The molecule has 1 aromatic heterocycles. The van der Waals surface area contributed by atoms with Gasteiger partial charge in [-0.05, 0) is 30.3 Å². The summed E-state index contributed by atoms with van der Waals surface area (Å²) in [5, 5.41) is 1.04. The molecular weight excluding hydrogens is 364 g/mol. The van der Waals surface area contributed by atoms with Crippen LogP contribution in [0.5, 0.6) is 11.5 Å². The fourth-order valence-corrected chi connectivity index (χ4v) is 3.73. The summed E-state index contributed by atoms with van der Waals surface area (Å²) in [4.78, 5) is 29.9. The van der Waals surface area contributed by atoms with Crippen molar-refractivity contribution < 1.29 is 14.3 Å². The smallest absolute Gasteiger partial charge is 0.262 e. The number of carbonyl (C=O) groups is 1. The number of rotatable bonds is 6. The van der Waals surface area contributed by atoms with E-state index >= 15 is 0 Å². The molecule has 0 N–H and O–H groups in total. The molecule has 1 aliphatic heterocycles. The molecule has 0 atom stereocenters. The number of Topliss-reactive ketones (excluding diaryl/α,β-unsaturated/α-hetero) is 1. The van der Waals surface area contributed by atoms with Gasteiger partial charge in [0, 0.05) is 12.1 Å². The van der Waals surface area contributed by atoms with Crippen LogP contribution < -0.4 is 15.0 Å². The van der Waals surface area contributed by atoms with Crippen LogP contribution in [0.3, 0.4) is 0 Å². The van der Waals surface area contributed by atoms with Gasteiger partial charge < -0.3 is 9.47 Å². The van der Waals surface area contributed by atoms with E-state index in [4.69, 9.17) is 9.47 Å². The number of ketones is 1. The van der Waals surface area contributed by atoms with Crippen LogP contribution in [0.25, 0.3) is 10.9 Å². The van der Waals surface area contributed by atoms with E-state index in [0.717, 1.165) is 0 Å². The van der Waals surface area contributed by atoms with Gasteiger partial charge in [0.25, 0.3) is 5.56 Å². The van der Waals surface area contributed by atoms with Gasteiger partial charge in [0.1, 0.15) is 0 Å². The largest absolute Gasteiger partial charge is 0.454 e. The topological polar surface area (TPSA) is 70.4 Å². The molecule has 2 aromatic carbocycles. The standard InChI is InChI=1S/C20H16N2O4S/c1-2-9-22-19(24)14-5-3-4-6-15(14)21-20(22)27-11-16(23)13-7-8-17-18(10-13)26-12-25-17/h2-8,10H,1,9,11-12H2. The number of thioether (sulfide) groups is 1. The Hall–Kier alpha value is -3.06. The Kier molecular flexibility index (Phi) is 4.68. The lowest BCUT2D eigenvalue weighted by atomic mass is 10.1. The molecule has 136 valence electrons. The number of hydrogen-bond donors (Lipinski definition) is 0. The summed E-state index contributed by atoms with van der Waals surface area (Å²) in [6.07, 6.45) is 1.64. The van der Waals surface area contributed by atoms with E-state index in [0.29, 0.717) is 39.7 Å². The lowest BCUT2D eigenvalue weighted by Gasteiger charge is -2.11. The van der Waals surface area contributed by atoms with Gasteiger partial charge in [-0.25, -0.2) is 4.98 Å². The Morgan fingerprint density at radius 2 is 2.04 bits per heavy atom. The highest BCUT2D eigenvalue weighted by atomic mass is 32.2. The van der Waals surface area contributed by atoms with Gasteiger partial charge in [0.05, 0.1) is 16.7 Å².